The van der Waals surface area contributed by atoms with E-state index < -0.39 is 5.97 Å². The summed E-state index contributed by atoms with van der Waals surface area (Å²) in [6.45, 7) is 1.74. The molecule has 18 heavy (non-hydrogen) atoms. The Balaban J connectivity index is 2.27. The normalized spacial score (nSPS) is 10.1. The lowest BCUT2D eigenvalue weighted by Gasteiger charge is -2.08. The fourth-order valence-electron chi connectivity index (χ4n) is 1.43. The highest BCUT2D eigenvalue weighted by molar-refractivity contribution is 6.30. The molecule has 0 bridgehead atoms. The Morgan fingerprint density at radius 3 is 2.78 bits per heavy atom. The summed E-state index contributed by atoms with van der Waals surface area (Å²) >= 11 is 5.84. The number of hydrogen-bond donors (Lipinski definition) is 1. The second-order valence-electron chi connectivity index (χ2n) is 3.71. The van der Waals surface area contributed by atoms with E-state index in [1.807, 2.05) is 0 Å². The topological polar surface area (TPSA) is 59.4 Å². The van der Waals surface area contributed by atoms with Gasteiger partial charge in [-0.1, -0.05) is 17.7 Å². The SMILES string of the molecule is Cc1cc(C(=O)O)cnc1Oc1cccc(Cl)c1. The Kier molecular flexibility index (Phi) is 3.48. The van der Waals surface area contributed by atoms with Gasteiger partial charge in [-0.25, -0.2) is 9.78 Å². The number of pyridine rings is 1. The quantitative estimate of drug-likeness (QED) is 0.920. The number of carbonyl (C=O) groups is 1. The van der Waals surface area contributed by atoms with Crippen LogP contribution in [0.2, 0.25) is 5.02 Å². The molecule has 0 aliphatic carbocycles. The first-order valence-electron chi connectivity index (χ1n) is 5.19. The summed E-state index contributed by atoms with van der Waals surface area (Å²) in [6, 6.07) is 8.42. The smallest absolute Gasteiger partial charge is 0.337 e. The van der Waals surface area contributed by atoms with Crippen molar-refractivity contribution >= 4 is 17.6 Å². The van der Waals surface area contributed by atoms with Crippen LogP contribution in [0.25, 0.3) is 0 Å². The van der Waals surface area contributed by atoms with Crippen molar-refractivity contribution in [1.82, 2.24) is 4.98 Å². The number of halogens is 1. The van der Waals surface area contributed by atoms with Gasteiger partial charge in [-0.2, -0.15) is 0 Å². The van der Waals surface area contributed by atoms with Crippen molar-refractivity contribution in [3.8, 4) is 11.6 Å². The van der Waals surface area contributed by atoms with E-state index in [4.69, 9.17) is 21.4 Å². The second-order valence-corrected chi connectivity index (χ2v) is 4.15. The summed E-state index contributed by atoms with van der Waals surface area (Å²) in [5, 5.41) is 9.39. The van der Waals surface area contributed by atoms with Crippen molar-refractivity contribution in [3.63, 3.8) is 0 Å². The van der Waals surface area contributed by atoms with Gasteiger partial charge in [0.15, 0.2) is 0 Å². The Morgan fingerprint density at radius 2 is 2.17 bits per heavy atom. The minimum atomic E-state index is -1.01. The third-order valence-electron chi connectivity index (χ3n) is 2.29. The maximum Gasteiger partial charge on any atom is 0.337 e. The minimum Gasteiger partial charge on any atom is -0.478 e. The Labute approximate surface area is 109 Å². The highest BCUT2D eigenvalue weighted by atomic mass is 35.5. The molecule has 4 nitrogen and oxygen atoms in total. The molecule has 2 rings (SSSR count). The van der Waals surface area contributed by atoms with Gasteiger partial charge in [0.25, 0.3) is 0 Å². The predicted molar refractivity (Wildman–Crippen MR) is 67.5 cm³/mol. The van der Waals surface area contributed by atoms with Gasteiger partial charge in [0.1, 0.15) is 5.75 Å². The first kappa shape index (κ1) is 12.4. The number of carboxylic acids is 1. The average molecular weight is 264 g/mol. The molecule has 0 radical (unpaired) electrons. The molecular weight excluding hydrogens is 254 g/mol. The first-order chi connectivity index (χ1) is 8.56. The molecule has 0 atom stereocenters. The van der Waals surface area contributed by atoms with Crippen LogP contribution in [0.3, 0.4) is 0 Å². The van der Waals surface area contributed by atoms with Crippen LogP contribution in [0.4, 0.5) is 0 Å². The van der Waals surface area contributed by atoms with Crippen molar-refractivity contribution in [3.05, 3.63) is 52.7 Å². The molecule has 0 aliphatic heterocycles. The number of aromatic nitrogens is 1. The van der Waals surface area contributed by atoms with E-state index in [9.17, 15) is 4.79 Å². The third kappa shape index (κ3) is 2.78. The molecule has 0 saturated carbocycles. The lowest BCUT2D eigenvalue weighted by Crippen LogP contribution is -1.99. The Bertz CT molecular complexity index is 599. The van der Waals surface area contributed by atoms with E-state index >= 15 is 0 Å². The molecule has 1 heterocycles. The summed E-state index contributed by atoms with van der Waals surface area (Å²) < 4.78 is 5.54. The zero-order chi connectivity index (χ0) is 13.1. The Morgan fingerprint density at radius 1 is 1.39 bits per heavy atom. The van der Waals surface area contributed by atoms with Crippen LogP contribution < -0.4 is 4.74 Å². The van der Waals surface area contributed by atoms with Crippen LogP contribution in [-0.2, 0) is 0 Å². The molecule has 92 valence electrons. The number of hydrogen-bond acceptors (Lipinski definition) is 3. The van der Waals surface area contributed by atoms with Crippen molar-refractivity contribution in [1.29, 1.82) is 0 Å². The van der Waals surface area contributed by atoms with Gasteiger partial charge >= 0.3 is 5.97 Å². The van der Waals surface area contributed by atoms with E-state index in [0.29, 0.717) is 22.2 Å². The average Bonchev–Trinajstić information content (AvgIpc) is 2.31. The maximum atomic E-state index is 10.8. The van der Waals surface area contributed by atoms with Crippen LogP contribution in [0.15, 0.2) is 36.5 Å². The maximum absolute atomic E-state index is 10.8. The van der Waals surface area contributed by atoms with Crippen LogP contribution in [0.1, 0.15) is 15.9 Å². The van der Waals surface area contributed by atoms with Crippen LogP contribution in [0.5, 0.6) is 11.6 Å². The standard InChI is InChI=1S/C13H10ClNO3/c1-8-5-9(13(16)17)7-15-12(8)18-11-4-2-3-10(14)6-11/h2-7H,1H3,(H,16,17). The molecule has 2 aromatic rings. The monoisotopic (exact) mass is 263 g/mol. The highest BCUT2D eigenvalue weighted by Crippen LogP contribution is 2.25. The zero-order valence-electron chi connectivity index (χ0n) is 9.55. The zero-order valence-corrected chi connectivity index (χ0v) is 10.3. The van der Waals surface area contributed by atoms with Crippen molar-refractivity contribution in [2.75, 3.05) is 0 Å². The van der Waals surface area contributed by atoms with Gasteiger partial charge in [-0.3, -0.25) is 0 Å². The summed E-state index contributed by atoms with van der Waals surface area (Å²) in [4.78, 5) is 14.7. The summed E-state index contributed by atoms with van der Waals surface area (Å²) in [7, 11) is 0. The number of carboxylic acid groups (broad SMARTS) is 1. The molecule has 0 saturated heterocycles. The number of rotatable bonds is 3. The van der Waals surface area contributed by atoms with Gasteiger partial charge in [-0.15, -0.1) is 0 Å². The highest BCUT2D eigenvalue weighted by Gasteiger charge is 2.08. The number of benzene rings is 1. The first-order valence-corrected chi connectivity index (χ1v) is 5.57. The minimum absolute atomic E-state index is 0.131. The number of ether oxygens (including phenoxy) is 1. The molecule has 0 unspecified atom stereocenters. The fraction of sp³-hybridized carbons (Fsp3) is 0.0769. The molecule has 1 N–H and O–H groups in total. The molecule has 0 fully saturated rings. The van der Waals surface area contributed by atoms with Gasteiger partial charge < -0.3 is 9.84 Å². The predicted octanol–water partition coefficient (Wildman–Crippen LogP) is 3.53. The molecule has 0 spiro atoms. The van der Waals surface area contributed by atoms with Crippen LogP contribution in [-0.4, -0.2) is 16.1 Å². The van der Waals surface area contributed by atoms with E-state index in [1.165, 1.54) is 12.3 Å². The van der Waals surface area contributed by atoms with E-state index in [1.54, 1.807) is 31.2 Å². The van der Waals surface area contributed by atoms with E-state index in [2.05, 4.69) is 4.98 Å². The number of aromatic carboxylic acids is 1. The number of nitrogens with zero attached hydrogens (tertiary/aromatic N) is 1. The molecular formula is C13H10ClNO3. The lowest BCUT2D eigenvalue weighted by atomic mass is 10.2. The van der Waals surface area contributed by atoms with Gasteiger partial charge in [0.05, 0.1) is 5.56 Å². The Hall–Kier alpha value is -2.07. The van der Waals surface area contributed by atoms with E-state index in [-0.39, 0.29) is 5.56 Å². The molecule has 0 amide bonds. The van der Waals surface area contributed by atoms with Crippen molar-refractivity contribution < 1.29 is 14.6 Å². The summed E-state index contributed by atoms with van der Waals surface area (Å²) in [6.07, 6.45) is 1.26. The third-order valence-corrected chi connectivity index (χ3v) is 2.52. The van der Waals surface area contributed by atoms with Gasteiger partial charge in [-0.05, 0) is 31.2 Å². The summed E-state index contributed by atoms with van der Waals surface area (Å²) in [5.41, 5.74) is 0.779. The largest absolute Gasteiger partial charge is 0.478 e. The molecule has 0 aliphatic rings. The lowest BCUT2D eigenvalue weighted by molar-refractivity contribution is 0.0696. The van der Waals surface area contributed by atoms with Crippen molar-refractivity contribution in [2.24, 2.45) is 0 Å². The fourth-order valence-corrected chi connectivity index (χ4v) is 1.61. The van der Waals surface area contributed by atoms with Crippen molar-refractivity contribution in [2.45, 2.75) is 6.92 Å². The molecule has 5 heteroatoms. The molecule has 1 aromatic carbocycles. The van der Waals surface area contributed by atoms with E-state index in [0.717, 1.165) is 0 Å². The van der Waals surface area contributed by atoms with Gasteiger partial charge in [0, 0.05) is 16.8 Å². The van der Waals surface area contributed by atoms with Gasteiger partial charge in [0.2, 0.25) is 5.88 Å². The molecule has 1 aromatic heterocycles. The van der Waals surface area contributed by atoms with Crippen LogP contribution >= 0.6 is 11.6 Å². The summed E-state index contributed by atoms with van der Waals surface area (Å²) in [5.74, 6) is -0.0941. The van der Waals surface area contributed by atoms with Crippen LogP contribution in [0, 0.1) is 6.92 Å². The number of aryl methyl sites for hydroxylation is 1. The second kappa shape index (κ2) is 5.06.